The van der Waals surface area contributed by atoms with Crippen LogP contribution >= 0.6 is 0 Å². The first-order chi connectivity index (χ1) is 7.43. The number of likely N-dealkylation sites (tertiary alicyclic amines) is 1. The van der Waals surface area contributed by atoms with Crippen LogP contribution in [0.3, 0.4) is 0 Å². The molecule has 1 heterocycles. The van der Waals surface area contributed by atoms with E-state index in [2.05, 4.69) is 4.90 Å². The van der Waals surface area contributed by atoms with Crippen molar-refractivity contribution in [1.29, 1.82) is 0 Å². The second-order valence-electron chi connectivity index (χ2n) is 4.07. The molecule has 0 aromatic carbocycles. The fourth-order valence-electron chi connectivity index (χ4n) is 1.91. The van der Waals surface area contributed by atoms with Crippen molar-refractivity contribution in [1.82, 2.24) is 4.90 Å². The first-order valence-electron chi connectivity index (χ1n) is 6.31. The number of rotatable bonds is 9. The monoisotopic (exact) mass is 215 g/mol. The van der Waals surface area contributed by atoms with Crippen molar-refractivity contribution in [3.63, 3.8) is 0 Å². The molecule has 1 aliphatic rings. The van der Waals surface area contributed by atoms with E-state index in [0.717, 1.165) is 32.8 Å². The molecular formula is C12H25NO2. The van der Waals surface area contributed by atoms with Gasteiger partial charge in [-0.05, 0) is 45.7 Å². The van der Waals surface area contributed by atoms with Crippen LogP contribution in [0.2, 0.25) is 0 Å². The highest BCUT2D eigenvalue weighted by molar-refractivity contribution is 4.65. The average molecular weight is 215 g/mol. The van der Waals surface area contributed by atoms with E-state index < -0.39 is 0 Å². The van der Waals surface area contributed by atoms with E-state index >= 15 is 0 Å². The number of hydrogen-bond acceptors (Lipinski definition) is 3. The first-order valence-corrected chi connectivity index (χ1v) is 6.31. The molecule has 0 aromatic rings. The van der Waals surface area contributed by atoms with Crippen molar-refractivity contribution in [2.24, 2.45) is 0 Å². The largest absolute Gasteiger partial charge is 0.382 e. The maximum atomic E-state index is 5.53. The number of nitrogens with zero attached hydrogens (tertiary/aromatic N) is 1. The zero-order chi connectivity index (χ0) is 10.8. The summed E-state index contributed by atoms with van der Waals surface area (Å²) < 4.78 is 10.8. The Morgan fingerprint density at radius 1 is 0.933 bits per heavy atom. The summed E-state index contributed by atoms with van der Waals surface area (Å²) in [4.78, 5) is 2.53. The van der Waals surface area contributed by atoms with E-state index in [4.69, 9.17) is 9.47 Å². The molecule has 1 saturated heterocycles. The smallest absolute Gasteiger partial charge is 0.0487 e. The molecule has 15 heavy (non-hydrogen) atoms. The summed E-state index contributed by atoms with van der Waals surface area (Å²) in [5.74, 6) is 0. The van der Waals surface area contributed by atoms with E-state index in [1.165, 1.54) is 38.9 Å². The van der Waals surface area contributed by atoms with Gasteiger partial charge in [0, 0.05) is 33.0 Å². The van der Waals surface area contributed by atoms with Crippen LogP contribution < -0.4 is 0 Å². The van der Waals surface area contributed by atoms with Gasteiger partial charge in [-0.3, -0.25) is 0 Å². The quantitative estimate of drug-likeness (QED) is 0.548. The summed E-state index contributed by atoms with van der Waals surface area (Å²) in [6.07, 6.45) is 4.97. The lowest BCUT2D eigenvalue weighted by Crippen LogP contribution is -2.21. The van der Waals surface area contributed by atoms with Gasteiger partial charge in [-0.25, -0.2) is 0 Å². The SMILES string of the molecule is CCOCCCOCCCN1CCCC1. The molecule has 0 atom stereocenters. The molecule has 1 fully saturated rings. The Balaban J connectivity index is 1.73. The minimum atomic E-state index is 0.814. The van der Waals surface area contributed by atoms with Crippen LogP contribution in [0, 0.1) is 0 Å². The Labute approximate surface area is 93.7 Å². The molecule has 3 heteroatoms. The second-order valence-corrected chi connectivity index (χ2v) is 4.07. The second kappa shape index (κ2) is 9.13. The van der Waals surface area contributed by atoms with Crippen molar-refractivity contribution >= 4 is 0 Å². The van der Waals surface area contributed by atoms with Gasteiger partial charge in [0.05, 0.1) is 0 Å². The van der Waals surface area contributed by atoms with E-state index in [9.17, 15) is 0 Å². The molecule has 0 saturated carbocycles. The minimum absolute atomic E-state index is 0.814. The number of ether oxygens (including phenoxy) is 2. The molecule has 0 unspecified atom stereocenters. The fraction of sp³-hybridized carbons (Fsp3) is 1.00. The van der Waals surface area contributed by atoms with Gasteiger partial charge in [0.15, 0.2) is 0 Å². The van der Waals surface area contributed by atoms with Crippen LogP contribution in [-0.4, -0.2) is 51.0 Å². The molecule has 3 nitrogen and oxygen atoms in total. The minimum Gasteiger partial charge on any atom is -0.382 e. The van der Waals surface area contributed by atoms with E-state index in [1.807, 2.05) is 6.92 Å². The Morgan fingerprint density at radius 2 is 1.60 bits per heavy atom. The van der Waals surface area contributed by atoms with Gasteiger partial charge in [0.1, 0.15) is 0 Å². The highest BCUT2D eigenvalue weighted by atomic mass is 16.5. The molecule has 0 radical (unpaired) electrons. The fourth-order valence-corrected chi connectivity index (χ4v) is 1.91. The van der Waals surface area contributed by atoms with E-state index in [0.29, 0.717) is 0 Å². The maximum Gasteiger partial charge on any atom is 0.0487 e. The maximum absolute atomic E-state index is 5.53. The zero-order valence-corrected chi connectivity index (χ0v) is 10.0. The third-order valence-corrected chi connectivity index (χ3v) is 2.74. The molecule has 0 N–H and O–H groups in total. The normalized spacial score (nSPS) is 17.4. The summed E-state index contributed by atoms with van der Waals surface area (Å²) in [5.41, 5.74) is 0. The van der Waals surface area contributed by atoms with Crippen molar-refractivity contribution in [2.75, 3.05) is 46.1 Å². The molecule has 0 spiro atoms. The van der Waals surface area contributed by atoms with Crippen LogP contribution in [0.1, 0.15) is 32.6 Å². The Kier molecular flexibility index (Phi) is 7.88. The van der Waals surface area contributed by atoms with Crippen LogP contribution in [0.5, 0.6) is 0 Å². The van der Waals surface area contributed by atoms with Gasteiger partial charge in [-0.1, -0.05) is 0 Å². The molecule has 90 valence electrons. The van der Waals surface area contributed by atoms with Crippen molar-refractivity contribution in [3.05, 3.63) is 0 Å². The molecule has 0 aliphatic carbocycles. The molecule has 1 rings (SSSR count). The van der Waals surface area contributed by atoms with Gasteiger partial charge < -0.3 is 14.4 Å². The van der Waals surface area contributed by atoms with Crippen molar-refractivity contribution < 1.29 is 9.47 Å². The van der Waals surface area contributed by atoms with Crippen LogP contribution in [0.15, 0.2) is 0 Å². The zero-order valence-electron chi connectivity index (χ0n) is 10.0. The topological polar surface area (TPSA) is 21.7 Å². The van der Waals surface area contributed by atoms with Gasteiger partial charge in [0.2, 0.25) is 0 Å². The Morgan fingerprint density at radius 3 is 2.33 bits per heavy atom. The predicted octanol–water partition coefficient (Wildman–Crippen LogP) is 1.92. The van der Waals surface area contributed by atoms with Crippen LogP contribution in [0.4, 0.5) is 0 Å². The summed E-state index contributed by atoms with van der Waals surface area (Å²) in [7, 11) is 0. The van der Waals surface area contributed by atoms with Gasteiger partial charge in [-0.15, -0.1) is 0 Å². The van der Waals surface area contributed by atoms with Gasteiger partial charge in [-0.2, -0.15) is 0 Å². The van der Waals surface area contributed by atoms with Crippen molar-refractivity contribution in [3.8, 4) is 0 Å². The first kappa shape index (κ1) is 12.9. The van der Waals surface area contributed by atoms with Gasteiger partial charge in [0.25, 0.3) is 0 Å². The van der Waals surface area contributed by atoms with Crippen molar-refractivity contribution in [2.45, 2.75) is 32.6 Å². The summed E-state index contributed by atoms with van der Waals surface area (Å²) in [5, 5.41) is 0. The molecule has 0 bridgehead atoms. The summed E-state index contributed by atoms with van der Waals surface area (Å²) in [6.45, 7) is 9.23. The lowest BCUT2D eigenvalue weighted by molar-refractivity contribution is 0.0836. The number of hydrogen-bond donors (Lipinski definition) is 0. The molecule has 1 aliphatic heterocycles. The van der Waals surface area contributed by atoms with Crippen LogP contribution in [0.25, 0.3) is 0 Å². The van der Waals surface area contributed by atoms with Crippen LogP contribution in [-0.2, 0) is 9.47 Å². The Bertz CT molecular complexity index is 136. The highest BCUT2D eigenvalue weighted by Gasteiger charge is 2.09. The Hall–Kier alpha value is -0.120. The lowest BCUT2D eigenvalue weighted by Gasteiger charge is -2.13. The summed E-state index contributed by atoms with van der Waals surface area (Å²) >= 11 is 0. The van der Waals surface area contributed by atoms with E-state index in [1.54, 1.807) is 0 Å². The predicted molar refractivity (Wildman–Crippen MR) is 62.2 cm³/mol. The summed E-state index contributed by atoms with van der Waals surface area (Å²) in [6, 6.07) is 0. The average Bonchev–Trinajstić information content (AvgIpc) is 2.75. The standard InChI is InChI=1S/C12H25NO2/c1-2-14-11-6-12-15-10-5-9-13-7-3-4-8-13/h2-12H2,1H3. The molecule has 0 aromatic heterocycles. The molecular weight excluding hydrogens is 190 g/mol. The van der Waals surface area contributed by atoms with Gasteiger partial charge >= 0.3 is 0 Å². The molecule has 0 amide bonds. The van der Waals surface area contributed by atoms with E-state index in [-0.39, 0.29) is 0 Å². The third-order valence-electron chi connectivity index (χ3n) is 2.74. The highest BCUT2D eigenvalue weighted by Crippen LogP contribution is 2.07. The lowest BCUT2D eigenvalue weighted by atomic mass is 10.4. The third kappa shape index (κ3) is 6.88.